The van der Waals surface area contributed by atoms with E-state index in [4.69, 9.17) is 5.26 Å². The highest BCUT2D eigenvalue weighted by Crippen LogP contribution is 2.30. The van der Waals surface area contributed by atoms with E-state index in [2.05, 4.69) is 27.3 Å². The Kier molecular flexibility index (Phi) is 4.00. The summed E-state index contributed by atoms with van der Waals surface area (Å²) in [6.45, 7) is 3.49. The molecule has 0 radical (unpaired) electrons. The standard InChI is InChI=1S/C13H14BrN3O/c1-2-16-11-5-6-17(13(11)18)12-4-3-9(8-15)7-10(12)14/h3-4,7,11,16H,2,5-6H2,1H3. The Bertz CT molecular complexity index is 509. The van der Waals surface area contributed by atoms with Gasteiger partial charge in [-0.15, -0.1) is 0 Å². The maximum Gasteiger partial charge on any atom is 0.244 e. The maximum absolute atomic E-state index is 12.2. The second-order valence-electron chi connectivity index (χ2n) is 4.17. The summed E-state index contributed by atoms with van der Waals surface area (Å²) in [7, 11) is 0. The fraction of sp³-hybridized carbons (Fsp3) is 0.385. The zero-order valence-corrected chi connectivity index (χ0v) is 11.7. The third kappa shape index (κ3) is 2.40. The molecule has 0 bridgehead atoms. The first-order valence-corrected chi connectivity index (χ1v) is 6.71. The molecule has 1 fully saturated rings. The highest BCUT2D eigenvalue weighted by molar-refractivity contribution is 9.10. The van der Waals surface area contributed by atoms with Crippen LogP contribution >= 0.6 is 15.9 Å². The van der Waals surface area contributed by atoms with Crippen LogP contribution in [0, 0.1) is 11.3 Å². The van der Waals surface area contributed by atoms with Gasteiger partial charge in [-0.2, -0.15) is 5.26 Å². The third-order valence-corrected chi connectivity index (χ3v) is 3.66. The predicted octanol–water partition coefficient (Wildman–Crippen LogP) is 2.04. The predicted molar refractivity (Wildman–Crippen MR) is 73.3 cm³/mol. The van der Waals surface area contributed by atoms with Gasteiger partial charge < -0.3 is 10.2 Å². The topological polar surface area (TPSA) is 56.1 Å². The van der Waals surface area contributed by atoms with Crippen molar-refractivity contribution in [2.75, 3.05) is 18.0 Å². The van der Waals surface area contributed by atoms with Crippen LogP contribution in [0.4, 0.5) is 5.69 Å². The molecule has 2 rings (SSSR count). The maximum atomic E-state index is 12.2. The van der Waals surface area contributed by atoms with Crippen LogP contribution in [-0.2, 0) is 4.79 Å². The van der Waals surface area contributed by atoms with Gasteiger partial charge in [0.05, 0.1) is 23.4 Å². The van der Waals surface area contributed by atoms with Crippen molar-refractivity contribution in [2.45, 2.75) is 19.4 Å². The fourth-order valence-electron chi connectivity index (χ4n) is 2.15. The molecule has 0 saturated carbocycles. The molecule has 1 aromatic carbocycles. The number of likely N-dealkylation sites (N-methyl/N-ethyl adjacent to an activating group) is 1. The van der Waals surface area contributed by atoms with E-state index in [0.29, 0.717) is 12.1 Å². The first-order valence-electron chi connectivity index (χ1n) is 5.91. The van der Waals surface area contributed by atoms with Gasteiger partial charge in [-0.25, -0.2) is 0 Å². The first kappa shape index (κ1) is 13.1. The summed E-state index contributed by atoms with van der Waals surface area (Å²) < 4.78 is 0.784. The molecule has 0 aliphatic carbocycles. The van der Waals surface area contributed by atoms with Crippen molar-refractivity contribution < 1.29 is 4.79 Å². The fourth-order valence-corrected chi connectivity index (χ4v) is 2.74. The SMILES string of the molecule is CCNC1CCN(c2ccc(C#N)cc2Br)C1=O. The quantitative estimate of drug-likeness (QED) is 0.929. The van der Waals surface area contributed by atoms with Crippen LogP contribution in [0.2, 0.25) is 0 Å². The van der Waals surface area contributed by atoms with Gasteiger partial charge in [-0.05, 0) is 47.1 Å². The third-order valence-electron chi connectivity index (χ3n) is 3.02. The van der Waals surface area contributed by atoms with Gasteiger partial charge in [-0.3, -0.25) is 4.79 Å². The van der Waals surface area contributed by atoms with Gasteiger partial charge in [0.1, 0.15) is 0 Å². The van der Waals surface area contributed by atoms with Crippen molar-refractivity contribution in [2.24, 2.45) is 0 Å². The molecule has 18 heavy (non-hydrogen) atoms. The van der Waals surface area contributed by atoms with Crippen LogP contribution in [0.25, 0.3) is 0 Å². The number of anilines is 1. The molecule has 1 saturated heterocycles. The van der Waals surface area contributed by atoms with Crippen molar-refractivity contribution >= 4 is 27.5 Å². The van der Waals surface area contributed by atoms with Crippen molar-refractivity contribution in [3.05, 3.63) is 28.2 Å². The van der Waals surface area contributed by atoms with Gasteiger partial charge in [0, 0.05) is 11.0 Å². The number of nitrogens with one attached hydrogen (secondary N) is 1. The van der Waals surface area contributed by atoms with Gasteiger partial charge in [0.25, 0.3) is 0 Å². The molecule has 1 amide bonds. The molecule has 0 spiro atoms. The van der Waals surface area contributed by atoms with Crippen molar-refractivity contribution in [3.8, 4) is 6.07 Å². The average Bonchev–Trinajstić information content (AvgIpc) is 2.72. The average molecular weight is 308 g/mol. The Morgan fingerprint density at radius 3 is 3.00 bits per heavy atom. The molecule has 94 valence electrons. The molecule has 0 aromatic heterocycles. The van der Waals surface area contributed by atoms with E-state index in [1.165, 1.54) is 0 Å². The lowest BCUT2D eigenvalue weighted by atomic mass is 10.2. The number of hydrogen-bond donors (Lipinski definition) is 1. The van der Waals surface area contributed by atoms with Gasteiger partial charge in [0.15, 0.2) is 0 Å². The Morgan fingerprint density at radius 2 is 2.39 bits per heavy atom. The molecule has 1 aliphatic heterocycles. The zero-order chi connectivity index (χ0) is 13.1. The van der Waals surface area contributed by atoms with Crippen molar-refractivity contribution in [3.63, 3.8) is 0 Å². The van der Waals surface area contributed by atoms with Crippen LogP contribution in [0.1, 0.15) is 18.9 Å². The van der Waals surface area contributed by atoms with E-state index in [1.807, 2.05) is 13.0 Å². The van der Waals surface area contributed by atoms with E-state index in [1.54, 1.807) is 17.0 Å². The molecular formula is C13H14BrN3O. The van der Waals surface area contributed by atoms with Crippen molar-refractivity contribution in [1.82, 2.24) is 5.32 Å². The summed E-state index contributed by atoms with van der Waals surface area (Å²) in [5.41, 5.74) is 1.42. The van der Waals surface area contributed by atoms with Crippen LogP contribution in [0.15, 0.2) is 22.7 Å². The molecule has 4 nitrogen and oxygen atoms in total. The summed E-state index contributed by atoms with van der Waals surface area (Å²) in [6.07, 6.45) is 0.819. The monoisotopic (exact) mass is 307 g/mol. The minimum atomic E-state index is -0.0856. The summed E-state index contributed by atoms with van der Waals surface area (Å²) >= 11 is 3.42. The Labute approximate surface area is 115 Å². The van der Waals surface area contributed by atoms with Gasteiger partial charge >= 0.3 is 0 Å². The molecule has 1 aromatic rings. The number of hydrogen-bond acceptors (Lipinski definition) is 3. The largest absolute Gasteiger partial charge is 0.310 e. The van der Waals surface area contributed by atoms with Crippen LogP contribution < -0.4 is 10.2 Å². The van der Waals surface area contributed by atoms with Crippen LogP contribution in [-0.4, -0.2) is 25.0 Å². The lowest BCUT2D eigenvalue weighted by Gasteiger charge is -2.18. The van der Waals surface area contributed by atoms with E-state index in [-0.39, 0.29) is 11.9 Å². The number of carbonyl (C=O) groups excluding carboxylic acids is 1. The summed E-state index contributed by atoms with van der Waals surface area (Å²) in [6, 6.07) is 7.28. The number of nitriles is 1. The van der Waals surface area contributed by atoms with Crippen molar-refractivity contribution in [1.29, 1.82) is 5.26 Å². The number of benzene rings is 1. The lowest BCUT2D eigenvalue weighted by molar-refractivity contribution is -0.118. The molecule has 1 heterocycles. The molecule has 1 aliphatic rings. The molecule has 1 unspecified atom stereocenters. The van der Waals surface area contributed by atoms with E-state index < -0.39 is 0 Å². The van der Waals surface area contributed by atoms with Crippen LogP contribution in [0.5, 0.6) is 0 Å². The van der Waals surface area contributed by atoms with Crippen LogP contribution in [0.3, 0.4) is 0 Å². The van der Waals surface area contributed by atoms with Gasteiger partial charge in [-0.1, -0.05) is 6.92 Å². The number of amides is 1. The second kappa shape index (κ2) is 5.51. The van der Waals surface area contributed by atoms with E-state index in [0.717, 1.165) is 23.1 Å². The van der Waals surface area contributed by atoms with Gasteiger partial charge in [0.2, 0.25) is 5.91 Å². The Hall–Kier alpha value is -1.38. The van der Waals surface area contributed by atoms with E-state index >= 15 is 0 Å². The number of rotatable bonds is 3. The summed E-state index contributed by atoms with van der Waals surface area (Å²) in [5, 5.41) is 12.0. The summed E-state index contributed by atoms with van der Waals surface area (Å²) in [4.78, 5) is 13.9. The highest BCUT2D eigenvalue weighted by atomic mass is 79.9. The lowest BCUT2D eigenvalue weighted by Crippen LogP contribution is -2.38. The smallest absolute Gasteiger partial charge is 0.244 e. The second-order valence-corrected chi connectivity index (χ2v) is 5.02. The number of halogens is 1. The Balaban J connectivity index is 2.23. The number of nitrogens with zero attached hydrogens (tertiary/aromatic N) is 2. The highest BCUT2D eigenvalue weighted by Gasteiger charge is 2.32. The first-order chi connectivity index (χ1) is 8.67. The molecule has 1 atom stereocenters. The molecule has 1 N–H and O–H groups in total. The minimum absolute atomic E-state index is 0.0856. The number of carbonyl (C=O) groups is 1. The zero-order valence-electron chi connectivity index (χ0n) is 10.1. The molecular weight excluding hydrogens is 294 g/mol. The summed E-state index contributed by atoms with van der Waals surface area (Å²) in [5.74, 6) is 0.0993. The minimum Gasteiger partial charge on any atom is -0.310 e. The normalized spacial score (nSPS) is 19.1. The Morgan fingerprint density at radius 1 is 1.61 bits per heavy atom. The van der Waals surface area contributed by atoms with E-state index in [9.17, 15) is 4.79 Å². The molecule has 5 heteroatoms.